The van der Waals surface area contributed by atoms with Crippen molar-refractivity contribution >= 4 is 39.8 Å². The van der Waals surface area contributed by atoms with E-state index in [0.717, 1.165) is 48.1 Å². The van der Waals surface area contributed by atoms with Gasteiger partial charge in [-0.25, -0.2) is 4.79 Å². The van der Waals surface area contributed by atoms with Crippen LogP contribution in [0.2, 0.25) is 0 Å². The normalized spacial score (nSPS) is 13.4. The average Bonchev–Trinajstić information content (AvgIpc) is 2.78. The Morgan fingerprint density at radius 3 is 2.50 bits per heavy atom. The monoisotopic (exact) mass is 372 g/mol. The van der Waals surface area contributed by atoms with Crippen molar-refractivity contribution in [1.82, 2.24) is 0 Å². The molecule has 136 valence electrons. The van der Waals surface area contributed by atoms with Crippen LogP contribution in [0, 0.1) is 6.92 Å². The molecule has 3 N–H and O–H groups in total. The van der Waals surface area contributed by atoms with Gasteiger partial charge in [-0.3, -0.25) is 9.59 Å². The molecule has 26 heavy (non-hydrogen) atoms. The molecule has 1 heterocycles. The summed E-state index contributed by atoms with van der Waals surface area (Å²) in [5.74, 6) is -3.02. The van der Waals surface area contributed by atoms with E-state index in [0.29, 0.717) is 16.3 Å². The molecule has 0 bridgehead atoms. The van der Waals surface area contributed by atoms with E-state index in [2.05, 4.69) is 10.6 Å². The van der Waals surface area contributed by atoms with Gasteiger partial charge in [-0.05, 0) is 49.8 Å². The number of nitrogens with one attached hydrogen (secondary N) is 2. The number of carbonyl (C=O) groups is 3. The molecular formula is C19H20N2O4S. The van der Waals surface area contributed by atoms with Crippen molar-refractivity contribution in [2.24, 2.45) is 0 Å². The molecule has 6 nitrogen and oxygen atoms in total. The maximum atomic E-state index is 13.0. The SMILES string of the molecule is Cc1ccccc1NC(=O)c1c(NC(=O)C(=O)O)sc2c1CCCCC2. The second kappa shape index (κ2) is 7.70. The maximum Gasteiger partial charge on any atom is 0.394 e. The third kappa shape index (κ3) is 3.77. The van der Waals surface area contributed by atoms with Gasteiger partial charge in [-0.15, -0.1) is 11.3 Å². The van der Waals surface area contributed by atoms with E-state index in [-0.39, 0.29) is 5.91 Å². The standard InChI is InChI=1S/C19H20N2O4S/c1-11-7-5-6-9-13(11)20-16(22)15-12-8-3-2-4-10-14(12)26-18(15)21-17(23)19(24)25/h5-7,9H,2-4,8,10H2,1H3,(H,20,22)(H,21,23)(H,24,25). The second-order valence-electron chi connectivity index (χ2n) is 6.30. The van der Waals surface area contributed by atoms with Crippen LogP contribution >= 0.6 is 11.3 Å². The molecular weight excluding hydrogens is 352 g/mol. The van der Waals surface area contributed by atoms with Crippen LogP contribution in [-0.4, -0.2) is 22.9 Å². The van der Waals surface area contributed by atoms with Crippen LogP contribution in [0.3, 0.4) is 0 Å². The Hall–Kier alpha value is -2.67. The quantitative estimate of drug-likeness (QED) is 0.567. The molecule has 0 fully saturated rings. The van der Waals surface area contributed by atoms with Crippen LogP contribution < -0.4 is 10.6 Å². The number of aryl methyl sites for hydroxylation is 2. The highest BCUT2D eigenvalue weighted by Gasteiger charge is 2.27. The first kappa shape index (κ1) is 18.1. The minimum atomic E-state index is -1.57. The number of benzene rings is 1. The van der Waals surface area contributed by atoms with Crippen molar-refractivity contribution in [3.8, 4) is 0 Å². The van der Waals surface area contributed by atoms with Gasteiger partial charge in [0, 0.05) is 10.6 Å². The summed E-state index contributed by atoms with van der Waals surface area (Å²) in [7, 11) is 0. The van der Waals surface area contributed by atoms with Gasteiger partial charge in [-0.1, -0.05) is 24.6 Å². The Morgan fingerprint density at radius 2 is 1.77 bits per heavy atom. The van der Waals surface area contributed by atoms with Crippen molar-refractivity contribution in [1.29, 1.82) is 0 Å². The smallest absolute Gasteiger partial charge is 0.394 e. The Labute approximate surface area is 155 Å². The lowest BCUT2D eigenvalue weighted by Crippen LogP contribution is -2.23. The molecule has 0 saturated heterocycles. The summed E-state index contributed by atoms with van der Waals surface area (Å²) in [6.45, 7) is 1.90. The summed E-state index contributed by atoms with van der Waals surface area (Å²) in [5.41, 5.74) is 2.95. The summed E-state index contributed by atoms with van der Waals surface area (Å²) >= 11 is 1.31. The molecule has 0 spiro atoms. The topological polar surface area (TPSA) is 95.5 Å². The van der Waals surface area contributed by atoms with Crippen molar-refractivity contribution in [3.63, 3.8) is 0 Å². The first-order valence-electron chi connectivity index (χ1n) is 8.53. The molecule has 0 aliphatic heterocycles. The fourth-order valence-electron chi connectivity index (χ4n) is 3.13. The number of aliphatic carboxylic acids is 1. The maximum absolute atomic E-state index is 13.0. The Kier molecular flexibility index (Phi) is 5.37. The highest BCUT2D eigenvalue weighted by molar-refractivity contribution is 7.17. The van der Waals surface area contributed by atoms with E-state index in [1.165, 1.54) is 11.3 Å². The summed E-state index contributed by atoms with van der Waals surface area (Å²) in [4.78, 5) is 36.6. The highest BCUT2D eigenvalue weighted by atomic mass is 32.1. The van der Waals surface area contributed by atoms with E-state index in [4.69, 9.17) is 5.11 Å². The molecule has 1 aliphatic carbocycles. The number of carbonyl (C=O) groups excluding carboxylic acids is 2. The lowest BCUT2D eigenvalue weighted by molar-refractivity contribution is -0.147. The van der Waals surface area contributed by atoms with Crippen molar-refractivity contribution in [2.75, 3.05) is 10.6 Å². The third-order valence-electron chi connectivity index (χ3n) is 4.46. The minimum Gasteiger partial charge on any atom is -0.474 e. The lowest BCUT2D eigenvalue weighted by Gasteiger charge is -2.11. The molecule has 0 saturated carbocycles. The Morgan fingerprint density at radius 1 is 1.04 bits per heavy atom. The largest absolute Gasteiger partial charge is 0.474 e. The van der Waals surface area contributed by atoms with E-state index in [1.807, 2.05) is 31.2 Å². The van der Waals surface area contributed by atoms with Crippen LogP contribution in [0.15, 0.2) is 24.3 Å². The van der Waals surface area contributed by atoms with E-state index in [1.54, 1.807) is 0 Å². The van der Waals surface area contributed by atoms with Gasteiger partial charge >= 0.3 is 11.9 Å². The van der Waals surface area contributed by atoms with Crippen LogP contribution in [-0.2, 0) is 22.4 Å². The number of thiophene rings is 1. The molecule has 1 aliphatic rings. The molecule has 3 rings (SSSR count). The van der Waals surface area contributed by atoms with Gasteiger partial charge in [0.2, 0.25) is 0 Å². The predicted molar refractivity (Wildman–Crippen MR) is 101 cm³/mol. The predicted octanol–water partition coefficient (Wildman–Crippen LogP) is 3.60. The first-order valence-corrected chi connectivity index (χ1v) is 9.35. The number of hydrogen-bond acceptors (Lipinski definition) is 4. The molecule has 2 amide bonds. The van der Waals surface area contributed by atoms with Gasteiger partial charge in [0.25, 0.3) is 5.91 Å². The van der Waals surface area contributed by atoms with Gasteiger partial charge in [-0.2, -0.15) is 0 Å². The van der Waals surface area contributed by atoms with E-state index in [9.17, 15) is 14.4 Å². The first-order chi connectivity index (χ1) is 12.5. The summed E-state index contributed by atoms with van der Waals surface area (Å²) < 4.78 is 0. The van der Waals surface area contributed by atoms with Gasteiger partial charge in [0.15, 0.2) is 0 Å². The van der Waals surface area contributed by atoms with Gasteiger partial charge in [0.1, 0.15) is 5.00 Å². The fraction of sp³-hybridized carbons (Fsp3) is 0.316. The number of carboxylic acids is 1. The van der Waals surface area contributed by atoms with Crippen molar-refractivity contribution in [3.05, 3.63) is 45.8 Å². The van der Waals surface area contributed by atoms with Crippen molar-refractivity contribution in [2.45, 2.75) is 39.0 Å². The molecule has 0 radical (unpaired) electrons. The number of amides is 2. The lowest BCUT2D eigenvalue weighted by atomic mass is 10.0. The van der Waals surface area contributed by atoms with Crippen LogP contribution in [0.25, 0.3) is 0 Å². The summed E-state index contributed by atoms with van der Waals surface area (Å²) in [6.07, 6.45) is 4.69. The summed E-state index contributed by atoms with van der Waals surface area (Å²) in [6, 6.07) is 7.44. The van der Waals surface area contributed by atoms with Crippen molar-refractivity contribution < 1.29 is 19.5 Å². The van der Waals surface area contributed by atoms with Crippen LogP contribution in [0.5, 0.6) is 0 Å². The van der Waals surface area contributed by atoms with Crippen LogP contribution in [0.4, 0.5) is 10.7 Å². The molecule has 0 atom stereocenters. The minimum absolute atomic E-state index is 0.315. The molecule has 1 aromatic carbocycles. The average molecular weight is 372 g/mol. The summed E-state index contributed by atoms with van der Waals surface area (Å²) in [5, 5.41) is 14.5. The number of para-hydroxylation sites is 1. The Bertz CT molecular complexity index is 872. The number of anilines is 2. The zero-order chi connectivity index (χ0) is 18.7. The molecule has 2 aromatic rings. The highest BCUT2D eigenvalue weighted by Crippen LogP contribution is 2.38. The molecule has 7 heteroatoms. The fourth-order valence-corrected chi connectivity index (χ4v) is 4.41. The zero-order valence-electron chi connectivity index (χ0n) is 14.4. The van der Waals surface area contributed by atoms with E-state index >= 15 is 0 Å². The van der Waals surface area contributed by atoms with E-state index < -0.39 is 11.9 Å². The van der Waals surface area contributed by atoms with Gasteiger partial charge in [0.05, 0.1) is 5.56 Å². The number of hydrogen-bond donors (Lipinski definition) is 3. The number of fused-ring (bicyclic) bond motifs is 1. The third-order valence-corrected chi connectivity index (χ3v) is 5.67. The van der Waals surface area contributed by atoms with Gasteiger partial charge < -0.3 is 15.7 Å². The number of rotatable bonds is 3. The molecule has 0 unspecified atom stereocenters. The number of carboxylic acid groups (broad SMARTS) is 1. The zero-order valence-corrected chi connectivity index (χ0v) is 15.2. The second-order valence-corrected chi connectivity index (χ2v) is 7.40. The van der Waals surface area contributed by atoms with Crippen LogP contribution in [0.1, 0.15) is 45.6 Å². The molecule has 1 aromatic heterocycles. The Balaban J connectivity index is 1.98.